The number of aromatic nitrogens is 5. The SMILES string of the molecule is Cn1cc(-c2ccc3ncc(-c4cccc5c4COCO5)n3n2)cn1. The van der Waals surface area contributed by atoms with Crippen molar-refractivity contribution in [2.75, 3.05) is 6.79 Å². The molecule has 0 N–H and O–H groups in total. The Morgan fingerprint density at radius 1 is 1.12 bits per heavy atom. The molecule has 7 nitrogen and oxygen atoms in total. The Hall–Kier alpha value is -3.19. The highest BCUT2D eigenvalue weighted by atomic mass is 16.7. The highest BCUT2D eigenvalue weighted by Gasteiger charge is 2.18. The first-order valence-corrected chi connectivity index (χ1v) is 7.96. The van der Waals surface area contributed by atoms with Gasteiger partial charge in [-0.1, -0.05) is 12.1 Å². The van der Waals surface area contributed by atoms with E-state index in [9.17, 15) is 0 Å². The van der Waals surface area contributed by atoms with Crippen molar-refractivity contribution in [3.8, 4) is 28.3 Å². The third kappa shape index (κ3) is 2.28. The fourth-order valence-corrected chi connectivity index (χ4v) is 3.10. The molecule has 0 radical (unpaired) electrons. The van der Waals surface area contributed by atoms with E-state index in [2.05, 4.69) is 10.1 Å². The molecule has 1 aromatic carbocycles. The number of aryl methyl sites for hydroxylation is 1. The summed E-state index contributed by atoms with van der Waals surface area (Å²) in [6.45, 7) is 0.800. The lowest BCUT2D eigenvalue weighted by Gasteiger charge is -2.20. The lowest BCUT2D eigenvalue weighted by molar-refractivity contribution is -0.0160. The number of nitrogens with zero attached hydrogens (tertiary/aromatic N) is 5. The Kier molecular flexibility index (Phi) is 3.07. The minimum atomic E-state index is 0.285. The molecule has 0 bridgehead atoms. The molecular formula is C18H15N5O2. The van der Waals surface area contributed by atoms with Gasteiger partial charge in [0.05, 0.1) is 30.4 Å². The minimum Gasteiger partial charge on any atom is -0.467 e. The summed E-state index contributed by atoms with van der Waals surface area (Å²) in [6.07, 6.45) is 5.58. The van der Waals surface area contributed by atoms with Gasteiger partial charge in [-0.3, -0.25) is 4.68 Å². The third-order valence-corrected chi connectivity index (χ3v) is 4.32. The molecule has 7 heteroatoms. The fraction of sp³-hybridized carbons (Fsp3) is 0.167. The van der Waals surface area contributed by atoms with Crippen molar-refractivity contribution in [1.82, 2.24) is 24.4 Å². The third-order valence-electron chi connectivity index (χ3n) is 4.32. The Labute approximate surface area is 143 Å². The molecule has 5 rings (SSSR count). The van der Waals surface area contributed by atoms with E-state index in [1.165, 1.54) is 0 Å². The smallest absolute Gasteiger partial charge is 0.189 e. The zero-order valence-electron chi connectivity index (χ0n) is 13.6. The molecule has 1 aliphatic heterocycles. The van der Waals surface area contributed by atoms with Crippen LogP contribution in [0.4, 0.5) is 0 Å². The zero-order chi connectivity index (χ0) is 16.8. The maximum absolute atomic E-state index is 5.59. The van der Waals surface area contributed by atoms with Crippen LogP contribution in [-0.2, 0) is 18.4 Å². The van der Waals surface area contributed by atoms with Crippen LogP contribution in [0.2, 0.25) is 0 Å². The van der Waals surface area contributed by atoms with Crippen LogP contribution in [0.25, 0.3) is 28.2 Å². The Balaban J connectivity index is 1.70. The molecule has 4 heterocycles. The number of ether oxygens (including phenoxy) is 2. The van der Waals surface area contributed by atoms with Crippen molar-refractivity contribution in [2.24, 2.45) is 7.05 Å². The van der Waals surface area contributed by atoms with Gasteiger partial charge in [0.25, 0.3) is 0 Å². The summed E-state index contributed by atoms with van der Waals surface area (Å²) in [6, 6.07) is 9.89. The van der Waals surface area contributed by atoms with E-state index >= 15 is 0 Å². The van der Waals surface area contributed by atoms with Crippen molar-refractivity contribution in [2.45, 2.75) is 6.61 Å². The second kappa shape index (κ2) is 5.42. The highest BCUT2D eigenvalue weighted by molar-refractivity contribution is 5.70. The van der Waals surface area contributed by atoms with Crippen LogP contribution in [-0.4, -0.2) is 31.2 Å². The van der Waals surface area contributed by atoms with E-state index in [0.717, 1.165) is 39.5 Å². The molecule has 0 aliphatic carbocycles. The predicted octanol–water partition coefficient (Wildman–Crippen LogP) is 2.66. The van der Waals surface area contributed by atoms with Crippen LogP contribution in [0.5, 0.6) is 5.75 Å². The molecule has 3 aromatic heterocycles. The molecule has 0 saturated carbocycles. The quantitative estimate of drug-likeness (QED) is 0.564. The van der Waals surface area contributed by atoms with Crippen molar-refractivity contribution in [1.29, 1.82) is 0 Å². The number of hydrogen-bond donors (Lipinski definition) is 0. The van der Waals surface area contributed by atoms with Crippen molar-refractivity contribution in [3.63, 3.8) is 0 Å². The van der Waals surface area contributed by atoms with E-state index in [1.54, 1.807) is 10.9 Å². The van der Waals surface area contributed by atoms with E-state index in [1.807, 2.05) is 54.3 Å². The van der Waals surface area contributed by atoms with Crippen LogP contribution in [0.3, 0.4) is 0 Å². The highest BCUT2D eigenvalue weighted by Crippen LogP contribution is 2.33. The molecule has 0 saturated heterocycles. The molecule has 25 heavy (non-hydrogen) atoms. The van der Waals surface area contributed by atoms with Gasteiger partial charge in [-0.2, -0.15) is 10.2 Å². The average molecular weight is 333 g/mol. The van der Waals surface area contributed by atoms with Crippen LogP contribution in [0.15, 0.2) is 48.9 Å². The second-order valence-electron chi connectivity index (χ2n) is 5.93. The Morgan fingerprint density at radius 2 is 2.08 bits per heavy atom. The standard InChI is InChI=1S/C18H15N5O2/c1-22-9-12(7-20-22)15-5-6-18-19-8-16(23(18)21-15)13-3-2-4-17-14(13)10-24-11-25-17/h2-9H,10-11H2,1H3. The second-order valence-corrected chi connectivity index (χ2v) is 5.93. The first kappa shape index (κ1) is 14.2. The summed E-state index contributed by atoms with van der Waals surface area (Å²) in [5.41, 5.74) is 5.54. The molecule has 0 fully saturated rings. The van der Waals surface area contributed by atoms with Crippen LogP contribution in [0, 0.1) is 0 Å². The summed E-state index contributed by atoms with van der Waals surface area (Å²) in [5, 5.41) is 8.98. The van der Waals surface area contributed by atoms with Gasteiger partial charge in [-0.05, 0) is 18.2 Å². The first-order valence-electron chi connectivity index (χ1n) is 7.96. The Bertz CT molecular complexity index is 1080. The maximum atomic E-state index is 5.59. The fourth-order valence-electron chi connectivity index (χ4n) is 3.10. The molecule has 0 spiro atoms. The van der Waals surface area contributed by atoms with Crippen LogP contribution in [0.1, 0.15) is 5.56 Å². The monoisotopic (exact) mass is 333 g/mol. The average Bonchev–Trinajstić information content (AvgIpc) is 3.27. The van der Waals surface area contributed by atoms with E-state index in [-0.39, 0.29) is 6.79 Å². The number of rotatable bonds is 2. The number of imidazole rings is 1. The molecular weight excluding hydrogens is 318 g/mol. The largest absolute Gasteiger partial charge is 0.467 e. The van der Waals surface area contributed by atoms with Crippen molar-refractivity contribution < 1.29 is 9.47 Å². The van der Waals surface area contributed by atoms with Gasteiger partial charge in [-0.15, -0.1) is 0 Å². The van der Waals surface area contributed by atoms with Gasteiger partial charge in [-0.25, -0.2) is 9.50 Å². The maximum Gasteiger partial charge on any atom is 0.189 e. The minimum absolute atomic E-state index is 0.285. The first-order chi connectivity index (χ1) is 12.3. The van der Waals surface area contributed by atoms with Gasteiger partial charge in [0.2, 0.25) is 0 Å². The van der Waals surface area contributed by atoms with Crippen LogP contribution < -0.4 is 4.74 Å². The normalized spacial score (nSPS) is 13.6. The zero-order valence-corrected chi connectivity index (χ0v) is 13.6. The van der Waals surface area contributed by atoms with Gasteiger partial charge >= 0.3 is 0 Å². The lowest BCUT2D eigenvalue weighted by atomic mass is 10.0. The molecule has 0 amide bonds. The predicted molar refractivity (Wildman–Crippen MR) is 90.9 cm³/mol. The van der Waals surface area contributed by atoms with Gasteiger partial charge in [0.15, 0.2) is 12.4 Å². The number of hydrogen-bond acceptors (Lipinski definition) is 5. The molecule has 0 atom stereocenters. The van der Waals surface area contributed by atoms with Gasteiger partial charge < -0.3 is 9.47 Å². The summed E-state index contributed by atoms with van der Waals surface area (Å²) >= 11 is 0. The Morgan fingerprint density at radius 3 is 2.96 bits per heavy atom. The van der Waals surface area contributed by atoms with E-state index in [4.69, 9.17) is 14.6 Å². The summed E-state index contributed by atoms with van der Waals surface area (Å²) in [4.78, 5) is 4.48. The molecule has 1 aliphatic rings. The summed E-state index contributed by atoms with van der Waals surface area (Å²) in [5.74, 6) is 0.849. The lowest BCUT2D eigenvalue weighted by Crippen LogP contribution is -2.12. The van der Waals surface area contributed by atoms with E-state index < -0.39 is 0 Å². The topological polar surface area (TPSA) is 66.5 Å². The van der Waals surface area contributed by atoms with Crippen molar-refractivity contribution >= 4 is 5.65 Å². The molecule has 124 valence electrons. The van der Waals surface area contributed by atoms with Crippen molar-refractivity contribution in [3.05, 3.63) is 54.5 Å². The summed E-state index contributed by atoms with van der Waals surface area (Å²) < 4.78 is 14.7. The van der Waals surface area contributed by atoms with E-state index in [0.29, 0.717) is 6.61 Å². The number of benzene rings is 1. The summed E-state index contributed by atoms with van der Waals surface area (Å²) in [7, 11) is 1.89. The van der Waals surface area contributed by atoms with Crippen LogP contribution >= 0.6 is 0 Å². The van der Waals surface area contributed by atoms with Gasteiger partial charge in [0, 0.05) is 29.9 Å². The number of fused-ring (bicyclic) bond motifs is 2. The molecule has 4 aromatic rings. The molecule has 0 unspecified atom stereocenters. The van der Waals surface area contributed by atoms with Gasteiger partial charge in [0.1, 0.15) is 5.75 Å².